The van der Waals surface area contributed by atoms with Crippen LogP contribution in [0.4, 0.5) is 9.80 Å². The summed E-state index contributed by atoms with van der Waals surface area (Å²) in [5.41, 5.74) is 1.49. The van der Waals surface area contributed by atoms with E-state index in [9.17, 15) is 14.4 Å². The largest absolute Gasteiger partial charge is 0.450 e. The fraction of sp³-hybridized carbons (Fsp3) is 0.316. The summed E-state index contributed by atoms with van der Waals surface area (Å²) < 4.78 is 4.75. The lowest BCUT2D eigenvalue weighted by Crippen LogP contribution is -2.31. The summed E-state index contributed by atoms with van der Waals surface area (Å²) in [6.45, 7) is 7.51. The highest BCUT2D eigenvalue weighted by Gasteiger charge is 2.23. The molecule has 3 amide bonds. The predicted molar refractivity (Wildman–Crippen MR) is 109 cm³/mol. The number of imide groups is 1. The molecule has 0 atom stereocenters. The second kappa shape index (κ2) is 9.57. The maximum atomic E-state index is 12.6. The van der Waals surface area contributed by atoms with Crippen LogP contribution in [-0.2, 0) is 4.74 Å². The number of hydrogen-bond acceptors (Lipinski definition) is 6. The fourth-order valence-corrected chi connectivity index (χ4v) is 4.07. The minimum Gasteiger partial charge on any atom is -0.450 e. The van der Waals surface area contributed by atoms with Gasteiger partial charge in [0.1, 0.15) is 5.00 Å². The van der Waals surface area contributed by atoms with Gasteiger partial charge in [-0.1, -0.05) is 6.92 Å². The van der Waals surface area contributed by atoms with E-state index < -0.39 is 12.0 Å². The van der Waals surface area contributed by atoms with Gasteiger partial charge < -0.3 is 10.1 Å². The Balaban J connectivity index is 2.20. The minimum atomic E-state index is -0.813. The molecule has 0 aliphatic carbocycles. The highest BCUT2D eigenvalue weighted by molar-refractivity contribution is 7.99. The molecule has 2 N–H and O–H groups in total. The van der Waals surface area contributed by atoms with Gasteiger partial charge in [0.2, 0.25) is 0 Å². The Labute approximate surface area is 166 Å². The van der Waals surface area contributed by atoms with Crippen LogP contribution in [-0.4, -0.2) is 30.3 Å². The zero-order chi connectivity index (χ0) is 20.0. The van der Waals surface area contributed by atoms with E-state index in [2.05, 4.69) is 17.6 Å². The van der Waals surface area contributed by atoms with Crippen LogP contribution in [0.1, 0.15) is 45.0 Å². The van der Waals surface area contributed by atoms with Crippen molar-refractivity contribution >= 4 is 46.0 Å². The highest BCUT2D eigenvalue weighted by Crippen LogP contribution is 2.33. The van der Waals surface area contributed by atoms with Crippen molar-refractivity contribution in [3.8, 4) is 0 Å². The Morgan fingerprint density at radius 1 is 1.07 bits per heavy atom. The number of benzene rings is 1. The van der Waals surface area contributed by atoms with E-state index in [-0.39, 0.29) is 18.1 Å². The lowest BCUT2D eigenvalue weighted by atomic mass is 10.1. The van der Waals surface area contributed by atoms with Crippen LogP contribution in [0.5, 0.6) is 0 Å². The van der Waals surface area contributed by atoms with E-state index in [1.807, 2.05) is 19.1 Å². The summed E-state index contributed by atoms with van der Waals surface area (Å²) in [4.78, 5) is 38.5. The molecule has 27 heavy (non-hydrogen) atoms. The van der Waals surface area contributed by atoms with Crippen LogP contribution in [0.25, 0.3) is 0 Å². The number of alkyl carbamates (subject to hydrolysis) is 1. The standard InChI is InChI=1S/C19H22N2O4S2/c1-5-25-19(24)21-17(23)15-11(3)12(4)27-18(15)20-16(22)13-7-9-14(10-8-13)26-6-2/h7-10H,5-6H2,1-4H3,(H,20,22)(H,21,23,24). The van der Waals surface area contributed by atoms with Crippen LogP contribution in [0.3, 0.4) is 0 Å². The normalized spacial score (nSPS) is 10.4. The van der Waals surface area contributed by atoms with E-state index >= 15 is 0 Å². The van der Waals surface area contributed by atoms with Gasteiger partial charge >= 0.3 is 6.09 Å². The maximum absolute atomic E-state index is 12.6. The van der Waals surface area contributed by atoms with Gasteiger partial charge in [-0.2, -0.15) is 0 Å². The molecule has 0 radical (unpaired) electrons. The van der Waals surface area contributed by atoms with Gasteiger partial charge in [-0.3, -0.25) is 14.9 Å². The van der Waals surface area contributed by atoms with Gasteiger partial charge in [0.05, 0.1) is 12.2 Å². The molecule has 1 aromatic carbocycles. The van der Waals surface area contributed by atoms with Gasteiger partial charge in [-0.25, -0.2) is 4.79 Å². The first kappa shape index (κ1) is 21.0. The third-order valence-corrected chi connectivity index (χ3v) is 5.77. The van der Waals surface area contributed by atoms with Crippen molar-refractivity contribution in [1.29, 1.82) is 0 Å². The molecule has 0 saturated carbocycles. The van der Waals surface area contributed by atoms with E-state index in [4.69, 9.17) is 4.74 Å². The third kappa shape index (κ3) is 5.33. The smallest absolute Gasteiger partial charge is 0.414 e. The summed E-state index contributed by atoms with van der Waals surface area (Å²) >= 11 is 2.99. The van der Waals surface area contributed by atoms with Gasteiger partial charge in [0.15, 0.2) is 0 Å². The van der Waals surface area contributed by atoms with E-state index in [0.717, 1.165) is 15.5 Å². The van der Waals surface area contributed by atoms with Crippen molar-refractivity contribution in [2.24, 2.45) is 0 Å². The number of aryl methyl sites for hydroxylation is 1. The first-order valence-corrected chi connectivity index (χ1v) is 10.3. The number of hydrogen-bond donors (Lipinski definition) is 2. The second-order valence-corrected chi connectivity index (χ2v) is 8.14. The maximum Gasteiger partial charge on any atom is 0.414 e. The number of amides is 3. The van der Waals surface area contributed by atoms with Crippen molar-refractivity contribution in [3.05, 3.63) is 45.8 Å². The molecular formula is C19H22N2O4S2. The molecule has 0 unspecified atom stereocenters. The van der Waals surface area contributed by atoms with Crippen molar-refractivity contribution in [1.82, 2.24) is 5.32 Å². The quantitative estimate of drug-likeness (QED) is 0.684. The average Bonchev–Trinajstić information content (AvgIpc) is 2.89. The van der Waals surface area contributed by atoms with Crippen molar-refractivity contribution in [3.63, 3.8) is 0 Å². The lowest BCUT2D eigenvalue weighted by molar-refractivity contribution is 0.0925. The summed E-state index contributed by atoms with van der Waals surface area (Å²) in [5, 5.41) is 5.37. The van der Waals surface area contributed by atoms with E-state index in [1.54, 1.807) is 37.7 Å². The minimum absolute atomic E-state index is 0.163. The fourth-order valence-electron chi connectivity index (χ4n) is 2.36. The van der Waals surface area contributed by atoms with Crippen LogP contribution in [0, 0.1) is 13.8 Å². The number of thioether (sulfide) groups is 1. The molecule has 144 valence electrons. The van der Waals surface area contributed by atoms with E-state index in [0.29, 0.717) is 16.1 Å². The van der Waals surface area contributed by atoms with E-state index in [1.165, 1.54) is 11.3 Å². The zero-order valence-corrected chi connectivity index (χ0v) is 17.3. The van der Waals surface area contributed by atoms with Crippen molar-refractivity contribution in [2.45, 2.75) is 32.6 Å². The number of nitrogens with one attached hydrogen (secondary N) is 2. The van der Waals surface area contributed by atoms with Gasteiger partial charge in [0.25, 0.3) is 11.8 Å². The molecule has 8 heteroatoms. The summed E-state index contributed by atoms with van der Waals surface area (Å²) in [5.74, 6) is 0.0490. The Kier molecular flexibility index (Phi) is 7.44. The molecule has 0 aliphatic rings. The van der Waals surface area contributed by atoms with Gasteiger partial charge in [0, 0.05) is 15.3 Å². The molecular weight excluding hydrogens is 384 g/mol. The van der Waals surface area contributed by atoms with Gasteiger partial charge in [-0.05, 0) is 56.4 Å². The number of carbonyl (C=O) groups excluding carboxylic acids is 3. The topological polar surface area (TPSA) is 84.5 Å². The molecule has 0 spiro atoms. The number of carbonyl (C=O) groups is 3. The monoisotopic (exact) mass is 406 g/mol. The summed E-state index contributed by atoms with van der Waals surface area (Å²) in [6, 6.07) is 7.28. The summed E-state index contributed by atoms with van der Waals surface area (Å²) in [6.07, 6.45) is -0.813. The zero-order valence-electron chi connectivity index (χ0n) is 15.7. The first-order valence-electron chi connectivity index (χ1n) is 8.49. The summed E-state index contributed by atoms with van der Waals surface area (Å²) in [7, 11) is 0. The van der Waals surface area contributed by atoms with Gasteiger partial charge in [-0.15, -0.1) is 23.1 Å². The van der Waals surface area contributed by atoms with Crippen LogP contribution >= 0.6 is 23.1 Å². The number of ether oxygens (including phenoxy) is 1. The molecule has 6 nitrogen and oxygen atoms in total. The van der Waals surface area contributed by atoms with Crippen molar-refractivity contribution < 1.29 is 19.1 Å². The molecule has 2 rings (SSSR count). The molecule has 0 aliphatic heterocycles. The molecule has 2 aromatic rings. The second-order valence-electron chi connectivity index (χ2n) is 5.57. The SMILES string of the molecule is CCOC(=O)NC(=O)c1c(NC(=O)c2ccc(SCC)cc2)sc(C)c1C. The molecule has 0 bridgehead atoms. The van der Waals surface area contributed by atoms with Crippen LogP contribution < -0.4 is 10.6 Å². The molecule has 1 aromatic heterocycles. The Morgan fingerprint density at radius 3 is 2.33 bits per heavy atom. The number of rotatable bonds is 6. The number of thiophene rings is 1. The Morgan fingerprint density at radius 2 is 1.74 bits per heavy atom. The average molecular weight is 407 g/mol. The van der Waals surface area contributed by atoms with Crippen molar-refractivity contribution in [2.75, 3.05) is 17.7 Å². The Hall–Kier alpha value is -2.32. The first-order chi connectivity index (χ1) is 12.9. The molecule has 1 heterocycles. The molecule has 0 fully saturated rings. The van der Waals surface area contributed by atoms with Crippen LogP contribution in [0.2, 0.25) is 0 Å². The Bertz CT molecular complexity index is 844. The number of anilines is 1. The molecule has 0 saturated heterocycles. The third-order valence-electron chi connectivity index (χ3n) is 3.76. The highest BCUT2D eigenvalue weighted by atomic mass is 32.2. The lowest BCUT2D eigenvalue weighted by Gasteiger charge is -2.08. The van der Waals surface area contributed by atoms with Crippen LogP contribution in [0.15, 0.2) is 29.2 Å². The predicted octanol–water partition coefficient (Wildman–Crippen LogP) is 4.62.